The molecule has 184 valence electrons. The maximum atomic E-state index is 12.4. The molecule has 2 heterocycles. The Hall–Kier alpha value is -2.44. The maximum Gasteiger partial charge on any atom is 0.345 e. The van der Waals surface area contributed by atoms with Crippen LogP contribution in [0.4, 0.5) is 0 Å². The molecule has 0 spiro atoms. The molecule has 1 amide bonds. The lowest BCUT2D eigenvalue weighted by Crippen LogP contribution is -2.33. The zero-order chi connectivity index (χ0) is 24.3. The molecule has 6 heteroatoms. The van der Waals surface area contributed by atoms with Crippen molar-refractivity contribution < 1.29 is 19.8 Å². The molecule has 1 aromatic heterocycles. The fraction of sp³-hybridized carbons (Fsp3) is 0.500. The van der Waals surface area contributed by atoms with E-state index in [9.17, 15) is 14.7 Å². The fourth-order valence-corrected chi connectivity index (χ4v) is 5.41. The highest BCUT2D eigenvalue weighted by molar-refractivity contribution is 7.13. The van der Waals surface area contributed by atoms with Crippen molar-refractivity contribution >= 4 is 23.2 Å². The highest BCUT2D eigenvalue weighted by Crippen LogP contribution is 2.23. The first-order valence-corrected chi connectivity index (χ1v) is 13.3. The Balaban J connectivity index is 1.37. The van der Waals surface area contributed by atoms with Gasteiger partial charge >= 0.3 is 5.97 Å². The second-order valence-corrected chi connectivity index (χ2v) is 10.5. The molecule has 3 rings (SSSR count). The van der Waals surface area contributed by atoms with Gasteiger partial charge in [-0.15, -0.1) is 11.3 Å². The maximum absolute atomic E-state index is 12.4. The molecular formula is C28H37NO4S. The van der Waals surface area contributed by atoms with Gasteiger partial charge in [0, 0.05) is 17.8 Å². The third-order valence-corrected chi connectivity index (χ3v) is 7.78. The zero-order valence-corrected chi connectivity index (χ0v) is 20.9. The molecule has 0 radical (unpaired) electrons. The van der Waals surface area contributed by atoms with Crippen molar-refractivity contribution in [3.8, 4) is 0 Å². The van der Waals surface area contributed by atoms with E-state index in [0.29, 0.717) is 17.8 Å². The van der Waals surface area contributed by atoms with E-state index >= 15 is 0 Å². The van der Waals surface area contributed by atoms with E-state index in [1.807, 2.05) is 29.2 Å². The first kappa shape index (κ1) is 26.2. The number of aliphatic hydroxyl groups is 1. The number of carboxylic acid groups (broad SMARTS) is 1. The Bertz CT molecular complexity index is 939. The van der Waals surface area contributed by atoms with Crippen LogP contribution in [0.1, 0.15) is 72.0 Å². The summed E-state index contributed by atoms with van der Waals surface area (Å²) in [6.07, 6.45) is 11.8. The normalized spacial score (nSPS) is 18.0. The second kappa shape index (κ2) is 13.4. The van der Waals surface area contributed by atoms with Crippen LogP contribution in [0.15, 0.2) is 54.6 Å². The van der Waals surface area contributed by atoms with E-state index in [0.717, 1.165) is 43.4 Å². The van der Waals surface area contributed by atoms with E-state index < -0.39 is 12.1 Å². The first-order chi connectivity index (χ1) is 16.4. The first-order valence-electron chi connectivity index (χ1n) is 12.5. The molecule has 34 heavy (non-hydrogen) atoms. The number of aromatic carboxylic acids is 1. The Labute approximate surface area is 207 Å². The smallest absolute Gasteiger partial charge is 0.345 e. The monoisotopic (exact) mass is 483 g/mol. The highest BCUT2D eigenvalue weighted by atomic mass is 32.1. The van der Waals surface area contributed by atoms with E-state index in [1.165, 1.54) is 29.7 Å². The summed E-state index contributed by atoms with van der Waals surface area (Å²) in [6.45, 7) is 2.75. The van der Waals surface area contributed by atoms with Gasteiger partial charge in [0.05, 0.1) is 12.1 Å². The minimum absolute atomic E-state index is 0.0399. The SMILES string of the molecule is C[C@@H](CCCCCc1ccccc1)[C@H](O)C=C[C@H]1CCC(=O)N1CCCc1ccc(C(=O)O)s1. The Morgan fingerprint density at radius 2 is 1.91 bits per heavy atom. The average Bonchev–Trinajstić information content (AvgIpc) is 3.45. The van der Waals surface area contributed by atoms with Crippen molar-refractivity contribution in [2.24, 2.45) is 5.92 Å². The molecule has 1 aliphatic rings. The van der Waals surface area contributed by atoms with Crippen LogP contribution in [0.5, 0.6) is 0 Å². The number of likely N-dealkylation sites (tertiary alicyclic amines) is 1. The van der Waals surface area contributed by atoms with Crippen LogP contribution in [-0.4, -0.2) is 45.7 Å². The van der Waals surface area contributed by atoms with Gasteiger partial charge in [0.2, 0.25) is 5.91 Å². The van der Waals surface area contributed by atoms with Gasteiger partial charge in [-0.25, -0.2) is 4.79 Å². The van der Waals surface area contributed by atoms with Gasteiger partial charge in [0.15, 0.2) is 0 Å². The van der Waals surface area contributed by atoms with Gasteiger partial charge in [-0.3, -0.25) is 4.79 Å². The topological polar surface area (TPSA) is 77.8 Å². The van der Waals surface area contributed by atoms with Crippen LogP contribution in [-0.2, 0) is 17.6 Å². The van der Waals surface area contributed by atoms with E-state index in [-0.39, 0.29) is 17.9 Å². The van der Waals surface area contributed by atoms with Crippen LogP contribution in [0, 0.1) is 5.92 Å². The van der Waals surface area contributed by atoms with Gasteiger partial charge in [0.25, 0.3) is 0 Å². The molecule has 0 unspecified atom stereocenters. The number of carbonyl (C=O) groups excluding carboxylic acids is 1. The predicted octanol–water partition coefficient (Wildman–Crippen LogP) is 5.73. The van der Waals surface area contributed by atoms with Crippen molar-refractivity contribution in [3.63, 3.8) is 0 Å². The summed E-state index contributed by atoms with van der Waals surface area (Å²) in [6, 6.07) is 14.1. The van der Waals surface area contributed by atoms with Crippen LogP contribution in [0.25, 0.3) is 0 Å². The third kappa shape index (κ3) is 8.10. The van der Waals surface area contributed by atoms with Crippen LogP contribution in [0.2, 0.25) is 0 Å². The zero-order valence-electron chi connectivity index (χ0n) is 20.1. The van der Waals surface area contributed by atoms with E-state index in [1.54, 1.807) is 6.07 Å². The van der Waals surface area contributed by atoms with Gasteiger partial charge in [0.1, 0.15) is 4.88 Å². The highest BCUT2D eigenvalue weighted by Gasteiger charge is 2.28. The van der Waals surface area contributed by atoms with Crippen molar-refractivity contribution in [1.82, 2.24) is 4.90 Å². The number of hydrogen-bond acceptors (Lipinski definition) is 4. The number of carbonyl (C=O) groups is 2. The molecule has 2 aromatic rings. The number of aryl methyl sites for hydroxylation is 2. The molecular weight excluding hydrogens is 446 g/mol. The van der Waals surface area contributed by atoms with Gasteiger partial charge in [-0.2, -0.15) is 0 Å². The minimum Gasteiger partial charge on any atom is -0.477 e. The molecule has 0 bridgehead atoms. The van der Waals surface area contributed by atoms with Gasteiger partial charge < -0.3 is 15.1 Å². The standard InChI is InChI=1S/C28H37NO4S/c1-21(9-4-2-5-10-22-11-6-3-7-12-22)25(30)17-14-23-15-19-27(31)29(23)20-8-13-24-16-18-26(34-24)28(32)33/h3,6-7,11-12,14,16-18,21,23,25,30H,2,4-5,8-10,13,15,19-20H2,1H3,(H,32,33)/t21-,23-,25+/m0/s1. The number of hydrogen-bond donors (Lipinski definition) is 2. The number of benzene rings is 1. The lowest BCUT2D eigenvalue weighted by Gasteiger charge is -2.23. The molecule has 1 aliphatic heterocycles. The Morgan fingerprint density at radius 3 is 2.65 bits per heavy atom. The number of amides is 1. The van der Waals surface area contributed by atoms with Gasteiger partial charge in [-0.1, -0.05) is 62.2 Å². The molecule has 2 N–H and O–H groups in total. The largest absolute Gasteiger partial charge is 0.477 e. The predicted molar refractivity (Wildman–Crippen MR) is 137 cm³/mol. The van der Waals surface area contributed by atoms with Crippen molar-refractivity contribution in [1.29, 1.82) is 0 Å². The lowest BCUT2D eigenvalue weighted by atomic mass is 9.95. The van der Waals surface area contributed by atoms with Crippen molar-refractivity contribution in [2.75, 3.05) is 6.54 Å². The number of thiophene rings is 1. The van der Waals surface area contributed by atoms with E-state index in [2.05, 4.69) is 31.2 Å². The summed E-state index contributed by atoms with van der Waals surface area (Å²) in [4.78, 5) is 26.7. The van der Waals surface area contributed by atoms with Gasteiger partial charge in [-0.05, 0) is 62.1 Å². The summed E-state index contributed by atoms with van der Waals surface area (Å²) in [5, 5.41) is 19.7. The molecule has 0 saturated carbocycles. The molecule has 5 nitrogen and oxygen atoms in total. The molecule has 0 aliphatic carbocycles. The number of aliphatic hydroxyl groups excluding tert-OH is 1. The third-order valence-electron chi connectivity index (χ3n) is 6.65. The number of rotatable bonds is 14. The van der Waals surface area contributed by atoms with Crippen LogP contribution >= 0.6 is 11.3 Å². The van der Waals surface area contributed by atoms with Crippen LogP contribution < -0.4 is 0 Å². The van der Waals surface area contributed by atoms with Crippen molar-refractivity contribution in [3.05, 3.63) is 69.9 Å². The molecule has 1 saturated heterocycles. The number of nitrogens with zero attached hydrogens (tertiary/aromatic N) is 1. The Kier molecular flexibility index (Phi) is 10.4. The summed E-state index contributed by atoms with van der Waals surface area (Å²) in [5.41, 5.74) is 1.38. The lowest BCUT2D eigenvalue weighted by molar-refractivity contribution is -0.128. The Morgan fingerprint density at radius 1 is 1.12 bits per heavy atom. The summed E-state index contributed by atoms with van der Waals surface area (Å²) in [7, 11) is 0. The molecule has 1 aromatic carbocycles. The van der Waals surface area contributed by atoms with Crippen molar-refractivity contribution in [2.45, 2.75) is 76.9 Å². The second-order valence-electron chi connectivity index (χ2n) is 9.31. The quantitative estimate of drug-likeness (QED) is 0.266. The molecule has 3 atom stereocenters. The summed E-state index contributed by atoms with van der Waals surface area (Å²) >= 11 is 1.30. The minimum atomic E-state index is -0.892. The summed E-state index contributed by atoms with van der Waals surface area (Å²) in [5.74, 6) is -0.537. The average molecular weight is 484 g/mol. The number of unbranched alkanes of at least 4 members (excludes halogenated alkanes) is 2. The molecule has 1 fully saturated rings. The van der Waals surface area contributed by atoms with E-state index in [4.69, 9.17) is 5.11 Å². The number of carboxylic acids is 1. The summed E-state index contributed by atoms with van der Waals surface area (Å²) < 4.78 is 0. The van der Waals surface area contributed by atoms with Crippen LogP contribution in [0.3, 0.4) is 0 Å². The fourth-order valence-electron chi connectivity index (χ4n) is 4.52.